The first-order valence-electron chi connectivity index (χ1n) is 23.0. The number of aromatic amines is 2. The Hall–Kier alpha value is -4.14. The second-order valence-corrected chi connectivity index (χ2v) is 19.5. The summed E-state index contributed by atoms with van der Waals surface area (Å²) in [7, 11) is 1.34. The number of amides is 4. The summed E-state index contributed by atoms with van der Waals surface area (Å²) >= 11 is 3.17. The summed E-state index contributed by atoms with van der Waals surface area (Å²) in [6.45, 7) is 11.4. The number of nitrogens with zero attached hydrogens (tertiary/aromatic N) is 4. The van der Waals surface area contributed by atoms with Crippen molar-refractivity contribution < 1.29 is 38.6 Å². The third kappa shape index (κ3) is 22.7. The van der Waals surface area contributed by atoms with Crippen LogP contribution in [0.2, 0.25) is 0 Å². The lowest BCUT2D eigenvalue weighted by Gasteiger charge is -2.31. The lowest BCUT2D eigenvalue weighted by molar-refractivity contribution is -0.145. The zero-order valence-corrected chi connectivity index (χ0v) is 41.2. The van der Waals surface area contributed by atoms with Crippen molar-refractivity contribution in [2.45, 2.75) is 116 Å². The first kappa shape index (κ1) is 55.2. The molecule has 6 atom stereocenters. The molecule has 4 rings (SSSR count). The average molecular weight is 949 g/mol. The van der Waals surface area contributed by atoms with Crippen molar-refractivity contribution in [3.05, 3.63) is 36.4 Å². The third-order valence-electron chi connectivity index (χ3n) is 11.9. The number of nitrogens with one attached hydrogen (secondary N) is 6. The maximum Gasteiger partial charge on any atom is 0.328 e. The van der Waals surface area contributed by atoms with Crippen molar-refractivity contribution in [1.29, 1.82) is 0 Å². The first-order valence-corrected chi connectivity index (χ1v) is 25.8. The lowest BCUT2D eigenvalue weighted by Crippen LogP contribution is -2.51. The molecule has 0 radical (unpaired) electrons. The number of hydrogen-bond donors (Lipinski definition) is 7. The van der Waals surface area contributed by atoms with Gasteiger partial charge in [0.05, 0.1) is 45.7 Å². The summed E-state index contributed by atoms with van der Waals surface area (Å²) in [6, 6.07) is -1.70. The number of carbonyl (C=O) groups is 6. The molecule has 2 saturated carbocycles. The van der Waals surface area contributed by atoms with E-state index in [-0.39, 0.29) is 73.5 Å². The summed E-state index contributed by atoms with van der Waals surface area (Å²) in [6.07, 6.45) is 18.1. The summed E-state index contributed by atoms with van der Waals surface area (Å²) in [5.74, 6) is 0.998. The van der Waals surface area contributed by atoms with Crippen LogP contribution in [0, 0.1) is 23.7 Å². The Morgan fingerprint density at radius 2 is 1.12 bits per heavy atom. The molecule has 2 fully saturated rings. The van der Waals surface area contributed by atoms with Gasteiger partial charge in [0.25, 0.3) is 0 Å². The minimum absolute atomic E-state index is 0.0665. The van der Waals surface area contributed by atoms with Crippen LogP contribution in [-0.2, 0) is 46.3 Å². The average Bonchev–Trinajstić information content (AvgIpc) is 4.16. The molecule has 4 amide bonds. The van der Waals surface area contributed by atoms with Crippen LogP contribution in [0.5, 0.6) is 0 Å². The molecule has 0 saturated heterocycles. The standard InChI is InChI=1S/C23H39N5O4S.C22H37N5O4S/c1-5-16(2)20(27-21(29)10-18-11-24-15-25-18)13-28(12-17-6-7-17)14-22(30)26-19(8-9-33-4)23(31)32-3;1-4-15(2)19(26-20(28)9-17-10-23-14-24-17)12-27(11-16-5-6-16)13-21(29)25-18(22(30)31)7-8-32-3/h11,15-17,19-20H,5-10,12-14H2,1-4H3,(H,24,25)(H,26,30)(H,27,29);10,14-16,18-19H,4-9,11-13H2,1-3H3,(H,23,24)(H,25,29)(H,26,28)(H,30,31). The Kier molecular flexibility index (Phi) is 25.6. The molecule has 2 aromatic rings. The van der Waals surface area contributed by atoms with Gasteiger partial charge in [-0.05, 0) is 86.2 Å². The minimum Gasteiger partial charge on any atom is -0.480 e. The van der Waals surface area contributed by atoms with Crippen LogP contribution in [-0.4, -0.2) is 165 Å². The number of carbonyl (C=O) groups excluding carboxylic acids is 5. The Morgan fingerprint density at radius 3 is 1.46 bits per heavy atom. The SMILES string of the molecule is CCC(C)C(CN(CC(=O)NC(CCSC)C(=O)O)CC1CC1)NC(=O)Cc1cnc[nH]1.CCC(C)C(CN(CC(=O)NC(CCSC)C(=O)OC)CC1CC1)NC(=O)Cc1cnc[nH]1. The maximum atomic E-state index is 12.8. The largest absolute Gasteiger partial charge is 0.480 e. The van der Waals surface area contributed by atoms with Crippen LogP contribution in [0.1, 0.15) is 90.4 Å². The summed E-state index contributed by atoms with van der Waals surface area (Å²) in [4.78, 5) is 92.2. The number of imidazole rings is 2. The molecule has 2 aliphatic rings. The highest BCUT2D eigenvalue weighted by atomic mass is 32.2. The molecular formula is C45H76N10O8S2. The summed E-state index contributed by atoms with van der Waals surface area (Å²) in [5, 5.41) is 21.2. The molecule has 0 aliphatic heterocycles. The topological polar surface area (TPSA) is 244 Å². The Labute approximate surface area is 393 Å². The molecule has 0 bridgehead atoms. The van der Waals surface area contributed by atoms with E-state index < -0.39 is 24.0 Å². The quantitative estimate of drug-likeness (QED) is 0.0522. The normalized spacial score (nSPS) is 16.3. The molecule has 2 aromatic heterocycles. The number of aromatic nitrogens is 4. The van der Waals surface area contributed by atoms with E-state index >= 15 is 0 Å². The van der Waals surface area contributed by atoms with Gasteiger partial charge in [-0.3, -0.25) is 29.0 Å². The van der Waals surface area contributed by atoms with Crippen LogP contribution >= 0.6 is 23.5 Å². The van der Waals surface area contributed by atoms with Gasteiger partial charge in [-0.1, -0.05) is 40.5 Å². The maximum absolute atomic E-state index is 12.8. The lowest BCUT2D eigenvalue weighted by atomic mass is 9.98. The Balaban J connectivity index is 0.000000345. The van der Waals surface area contributed by atoms with Crippen LogP contribution in [0.15, 0.2) is 25.0 Å². The number of thioether (sulfide) groups is 2. The van der Waals surface area contributed by atoms with Gasteiger partial charge in [0.15, 0.2) is 0 Å². The molecule has 0 aromatic carbocycles. The van der Waals surface area contributed by atoms with Gasteiger partial charge < -0.3 is 41.1 Å². The minimum atomic E-state index is -1.01. The highest BCUT2D eigenvalue weighted by molar-refractivity contribution is 7.98. The van der Waals surface area contributed by atoms with Gasteiger partial charge >= 0.3 is 11.9 Å². The van der Waals surface area contributed by atoms with Gasteiger partial charge in [0.2, 0.25) is 23.6 Å². The highest BCUT2D eigenvalue weighted by Gasteiger charge is 2.32. The van der Waals surface area contributed by atoms with Crippen LogP contribution < -0.4 is 21.3 Å². The van der Waals surface area contributed by atoms with Gasteiger partial charge in [-0.2, -0.15) is 23.5 Å². The Bertz CT molecular complexity index is 1710. The van der Waals surface area contributed by atoms with Crippen molar-refractivity contribution in [3.63, 3.8) is 0 Å². The summed E-state index contributed by atoms with van der Waals surface area (Å²) in [5.41, 5.74) is 1.52. The summed E-state index contributed by atoms with van der Waals surface area (Å²) < 4.78 is 4.86. The zero-order valence-electron chi connectivity index (χ0n) is 39.6. The molecule has 65 heavy (non-hydrogen) atoms. The second-order valence-electron chi connectivity index (χ2n) is 17.6. The molecule has 366 valence electrons. The van der Waals surface area contributed by atoms with Crippen LogP contribution in [0.25, 0.3) is 0 Å². The van der Waals surface area contributed by atoms with E-state index in [0.717, 1.165) is 68.8 Å². The van der Waals surface area contributed by atoms with Crippen molar-refractivity contribution in [3.8, 4) is 0 Å². The monoisotopic (exact) mass is 949 g/mol. The van der Waals surface area contributed by atoms with E-state index in [4.69, 9.17) is 4.74 Å². The van der Waals surface area contributed by atoms with E-state index in [1.807, 2.05) is 12.5 Å². The number of aliphatic carboxylic acids is 1. The number of methoxy groups -OCH3 is 1. The molecule has 18 nitrogen and oxygen atoms in total. The number of carboxylic acids is 1. The van der Waals surface area contributed by atoms with Gasteiger partial charge in [0, 0.05) is 62.0 Å². The molecule has 0 spiro atoms. The number of ether oxygens (including phenoxy) is 1. The highest BCUT2D eigenvalue weighted by Crippen LogP contribution is 2.31. The third-order valence-corrected chi connectivity index (χ3v) is 13.2. The van der Waals surface area contributed by atoms with Gasteiger partial charge in [-0.25, -0.2) is 19.6 Å². The fraction of sp³-hybridized carbons (Fsp3) is 0.733. The van der Waals surface area contributed by atoms with Crippen LogP contribution in [0.4, 0.5) is 0 Å². The molecule has 2 heterocycles. The molecule has 7 N–H and O–H groups in total. The number of esters is 1. The van der Waals surface area contributed by atoms with Gasteiger partial charge in [-0.15, -0.1) is 0 Å². The molecular weight excluding hydrogens is 873 g/mol. The first-order chi connectivity index (χ1) is 31.2. The predicted molar refractivity (Wildman–Crippen MR) is 255 cm³/mol. The fourth-order valence-corrected chi connectivity index (χ4v) is 8.17. The van der Waals surface area contributed by atoms with E-state index in [1.54, 1.807) is 48.6 Å². The van der Waals surface area contributed by atoms with Crippen molar-refractivity contribution >= 4 is 59.1 Å². The van der Waals surface area contributed by atoms with Crippen molar-refractivity contribution in [1.82, 2.24) is 51.0 Å². The molecule has 20 heteroatoms. The number of H-pyrrole nitrogens is 2. The van der Waals surface area contributed by atoms with Gasteiger partial charge in [0.1, 0.15) is 12.1 Å². The number of hydrogen-bond acceptors (Lipinski definition) is 13. The van der Waals surface area contributed by atoms with Crippen LogP contribution in [0.3, 0.4) is 0 Å². The Morgan fingerprint density at radius 1 is 0.708 bits per heavy atom. The van der Waals surface area contributed by atoms with E-state index in [2.05, 4.69) is 78.7 Å². The fourth-order valence-electron chi connectivity index (χ4n) is 7.23. The zero-order chi connectivity index (χ0) is 47.7. The van der Waals surface area contributed by atoms with E-state index in [0.29, 0.717) is 43.5 Å². The molecule has 6 unspecified atom stereocenters. The predicted octanol–water partition coefficient (Wildman–Crippen LogP) is 3.12. The smallest absolute Gasteiger partial charge is 0.328 e. The number of carboxylic acid groups (broad SMARTS) is 1. The van der Waals surface area contributed by atoms with E-state index in [9.17, 15) is 33.9 Å². The molecule has 2 aliphatic carbocycles. The second kappa shape index (κ2) is 30.2. The van der Waals surface area contributed by atoms with Crippen molar-refractivity contribution in [2.24, 2.45) is 23.7 Å². The van der Waals surface area contributed by atoms with Crippen molar-refractivity contribution in [2.75, 3.05) is 70.4 Å². The number of rotatable bonds is 32. The van der Waals surface area contributed by atoms with E-state index in [1.165, 1.54) is 7.11 Å².